The molecule has 1 atom stereocenters. The lowest BCUT2D eigenvalue weighted by molar-refractivity contribution is -0.0145. The normalized spacial score (nSPS) is 18.2. The van der Waals surface area contributed by atoms with E-state index < -0.39 is 35.9 Å². The summed E-state index contributed by atoms with van der Waals surface area (Å²) < 4.78 is 47.2. The van der Waals surface area contributed by atoms with Gasteiger partial charge in [0.1, 0.15) is 30.0 Å². The van der Waals surface area contributed by atoms with Gasteiger partial charge < -0.3 is 15.8 Å². The summed E-state index contributed by atoms with van der Waals surface area (Å²) in [6, 6.07) is 6.65. The van der Waals surface area contributed by atoms with Crippen LogP contribution in [0.2, 0.25) is 0 Å². The van der Waals surface area contributed by atoms with E-state index in [1.165, 1.54) is 18.3 Å². The molecule has 0 unspecified atom stereocenters. The fourth-order valence-corrected chi connectivity index (χ4v) is 3.00. The zero-order valence-corrected chi connectivity index (χ0v) is 15.2. The molecule has 158 valence electrons. The van der Waals surface area contributed by atoms with Crippen molar-refractivity contribution >= 4 is 17.4 Å². The van der Waals surface area contributed by atoms with Crippen LogP contribution in [0.4, 0.5) is 18.9 Å². The van der Waals surface area contributed by atoms with Gasteiger partial charge >= 0.3 is 0 Å². The summed E-state index contributed by atoms with van der Waals surface area (Å²) in [5.74, 6) is -1.75. The van der Waals surface area contributed by atoms with E-state index in [-0.39, 0.29) is 36.8 Å². The van der Waals surface area contributed by atoms with Crippen molar-refractivity contribution < 1.29 is 22.7 Å². The van der Waals surface area contributed by atoms with Crippen LogP contribution in [0.3, 0.4) is 0 Å². The smallest absolute Gasteiger partial charge is 0.274 e. The maximum absolute atomic E-state index is 14.4. The lowest BCUT2D eigenvalue weighted by Crippen LogP contribution is -2.45. The number of halogens is 3. The van der Waals surface area contributed by atoms with Gasteiger partial charge in [0.25, 0.3) is 12.3 Å². The number of hydrogen-bond acceptors (Lipinski definition) is 6. The Morgan fingerprint density at radius 2 is 2.13 bits per heavy atom. The molecule has 0 aliphatic carbocycles. The number of aliphatic imine (C=N–C) groups is 1. The van der Waals surface area contributed by atoms with Crippen LogP contribution in [0.15, 0.2) is 35.5 Å². The molecular weight excluding hydrogens is 399 g/mol. The Hall–Kier alpha value is -3.45. The molecule has 0 saturated carbocycles. The molecule has 1 aromatic heterocycles. The number of alkyl halides is 2. The monoisotopic (exact) mass is 419 g/mol. The van der Waals surface area contributed by atoms with E-state index in [4.69, 9.17) is 15.7 Å². The average Bonchev–Trinajstić information content (AvgIpc) is 2.68. The van der Waals surface area contributed by atoms with Crippen LogP contribution in [0.1, 0.15) is 34.6 Å². The second-order valence-electron chi connectivity index (χ2n) is 6.47. The molecule has 0 spiro atoms. The van der Waals surface area contributed by atoms with Gasteiger partial charge in [-0.05, 0) is 36.8 Å². The molecule has 3 rings (SSSR count). The van der Waals surface area contributed by atoms with Gasteiger partial charge in [-0.2, -0.15) is 5.26 Å². The Morgan fingerprint density at radius 1 is 1.40 bits per heavy atom. The number of nitrogens with two attached hydrogens (primary N) is 1. The van der Waals surface area contributed by atoms with Crippen molar-refractivity contribution in [1.29, 1.82) is 5.26 Å². The van der Waals surface area contributed by atoms with Crippen molar-refractivity contribution in [3.05, 3.63) is 58.7 Å². The fraction of sp³-hybridized carbons (Fsp3) is 0.300. The van der Waals surface area contributed by atoms with Gasteiger partial charge in [-0.1, -0.05) is 7.43 Å². The molecule has 1 amide bonds. The van der Waals surface area contributed by atoms with E-state index in [1.54, 1.807) is 6.92 Å². The molecular formula is C20H20F3N5O2. The van der Waals surface area contributed by atoms with Crippen LogP contribution in [0, 0.1) is 24.1 Å². The highest BCUT2D eigenvalue weighted by atomic mass is 19.3. The number of carbonyl (C=O) groups excluding carboxylic acids is 1. The third-order valence-corrected chi connectivity index (χ3v) is 4.39. The number of carbonyl (C=O) groups is 1. The molecule has 2 aromatic rings. The predicted octanol–water partition coefficient (Wildman–Crippen LogP) is 3.14. The second-order valence-corrected chi connectivity index (χ2v) is 6.47. The first-order chi connectivity index (χ1) is 13.8. The summed E-state index contributed by atoms with van der Waals surface area (Å²) in [5.41, 5.74) is 3.63. The van der Waals surface area contributed by atoms with Gasteiger partial charge in [0.2, 0.25) is 0 Å². The Balaban J connectivity index is 0.00000320. The molecule has 3 N–H and O–H groups in total. The number of nitriles is 1. The number of nitrogens with zero attached hydrogens (tertiary/aromatic N) is 3. The van der Waals surface area contributed by atoms with Crippen LogP contribution < -0.4 is 11.1 Å². The van der Waals surface area contributed by atoms with Crippen LogP contribution in [0.5, 0.6) is 0 Å². The molecule has 7 nitrogen and oxygen atoms in total. The van der Waals surface area contributed by atoms with E-state index in [0.29, 0.717) is 5.56 Å². The molecule has 2 heterocycles. The summed E-state index contributed by atoms with van der Waals surface area (Å²) in [4.78, 5) is 20.2. The Morgan fingerprint density at radius 3 is 2.73 bits per heavy atom. The van der Waals surface area contributed by atoms with E-state index >= 15 is 0 Å². The van der Waals surface area contributed by atoms with Gasteiger partial charge in [0.05, 0.1) is 12.2 Å². The van der Waals surface area contributed by atoms with Crippen LogP contribution >= 0.6 is 0 Å². The molecule has 0 saturated heterocycles. The number of anilines is 1. The molecule has 1 aliphatic heterocycles. The molecule has 30 heavy (non-hydrogen) atoms. The van der Waals surface area contributed by atoms with Gasteiger partial charge in [-0.15, -0.1) is 0 Å². The zero-order chi connectivity index (χ0) is 21.2. The number of rotatable bonds is 4. The number of ether oxygens (including phenoxy) is 1. The third-order valence-electron chi connectivity index (χ3n) is 4.39. The second kappa shape index (κ2) is 8.92. The number of aromatic nitrogens is 1. The number of benzene rings is 1. The molecule has 0 fully saturated rings. The number of hydrogen-bond donors (Lipinski definition) is 2. The highest BCUT2D eigenvalue weighted by Gasteiger charge is 2.46. The first kappa shape index (κ1) is 22.8. The summed E-state index contributed by atoms with van der Waals surface area (Å²) in [5, 5.41) is 11.4. The standard InChI is InChI=1S/C19H16F3N5O2.CH4/c1-10-4-11(6-23)7-25-16(10)17(28)26-12-2-3-14(20)13(5-12)19(18(21)22)9-29-8-15(24)27-19;/h2-5,7,18H,8-9H2,1H3,(H2,24,27)(H,26,28);1H4/t19-;/m0./s1. The van der Waals surface area contributed by atoms with Gasteiger partial charge in [-0.25, -0.2) is 18.2 Å². The zero-order valence-electron chi connectivity index (χ0n) is 15.2. The van der Waals surface area contributed by atoms with Crippen LogP contribution in [-0.2, 0) is 10.3 Å². The minimum absolute atomic E-state index is 0. The van der Waals surface area contributed by atoms with Gasteiger partial charge in [0.15, 0.2) is 5.54 Å². The highest BCUT2D eigenvalue weighted by molar-refractivity contribution is 6.03. The van der Waals surface area contributed by atoms with Crippen molar-refractivity contribution in [3.8, 4) is 6.07 Å². The Labute approximate surface area is 171 Å². The number of amidine groups is 1. The van der Waals surface area contributed by atoms with Crippen molar-refractivity contribution in [2.24, 2.45) is 10.7 Å². The lowest BCUT2D eigenvalue weighted by atomic mass is 9.90. The number of pyridine rings is 1. The first-order valence-corrected chi connectivity index (χ1v) is 8.45. The molecule has 10 heteroatoms. The minimum Gasteiger partial charge on any atom is -0.385 e. The third kappa shape index (κ3) is 4.26. The van der Waals surface area contributed by atoms with Crippen molar-refractivity contribution in [3.63, 3.8) is 0 Å². The van der Waals surface area contributed by atoms with E-state index in [9.17, 15) is 18.0 Å². The summed E-state index contributed by atoms with van der Waals surface area (Å²) in [7, 11) is 0. The minimum atomic E-state index is -3.09. The Bertz CT molecular complexity index is 1040. The van der Waals surface area contributed by atoms with Crippen molar-refractivity contribution in [2.75, 3.05) is 18.5 Å². The molecule has 0 radical (unpaired) electrons. The van der Waals surface area contributed by atoms with Crippen molar-refractivity contribution in [1.82, 2.24) is 4.98 Å². The van der Waals surface area contributed by atoms with Crippen molar-refractivity contribution in [2.45, 2.75) is 26.3 Å². The highest BCUT2D eigenvalue weighted by Crippen LogP contribution is 2.38. The predicted molar refractivity (Wildman–Crippen MR) is 105 cm³/mol. The number of amides is 1. The molecule has 0 bridgehead atoms. The Kier molecular flexibility index (Phi) is 6.79. The molecule has 1 aromatic carbocycles. The van der Waals surface area contributed by atoms with E-state index in [2.05, 4.69) is 15.3 Å². The van der Waals surface area contributed by atoms with Gasteiger partial charge in [0, 0.05) is 17.4 Å². The maximum Gasteiger partial charge on any atom is 0.274 e. The summed E-state index contributed by atoms with van der Waals surface area (Å²) in [6.45, 7) is 0.910. The molecule has 1 aliphatic rings. The van der Waals surface area contributed by atoms with E-state index in [0.717, 1.165) is 12.1 Å². The topological polar surface area (TPSA) is 113 Å². The fourth-order valence-electron chi connectivity index (χ4n) is 3.00. The van der Waals surface area contributed by atoms with Crippen LogP contribution in [-0.4, -0.2) is 36.4 Å². The van der Waals surface area contributed by atoms with Gasteiger partial charge in [-0.3, -0.25) is 9.79 Å². The summed E-state index contributed by atoms with van der Waals surface area (Å²) >= 11 is 0. The average molecular weight is 419 g/mol. The summed E-state index contributed by atoms with van der Waals surface area (Å²) in [6.07, 6.45) is -1.86. The maximum atomic E-state index is 14.4. The largest absolute Gasteiger partial charge is 0.385 e. The first-order valence-electron chi connectivity index (χ1n) is 8.45. The number of aryl methyl sites for hydroxylation is 1. The van der Waals surface area contributed by atoms with Crippen LogP contribution in [0.25, 0.3) is 0 Å². The lowest BCUT2D eigenvalue weighted by Gasteiger charge is -2.33. The quantitative estimate of drug-likeness (QED) is 0.790. The SMILES string of the molecule is C.Cc1cc(C#N)cnc1C(=O)Nc1ccc(F)c([C@]2(C(F)F)COCC(N)=N2)c1. The number of nitrogens with one attached hydrogen (secondary N) is 1. The van der Waals surface area contributed by atoms with E-state index in [1.807, 2.05) is 6.07 Å².